The first-order valence-corrected chi connectivity index (χ1v) is 7.82. The largest absolute Gasteiger partial charge is 0.294 e. The van der Waals surface area contributed by atoms with Crippen molar-refractivity contribution in [2.45, 2.75) is 33.1 Å². The third-order valence-electron chi connectivity index (χ3n) is 3.54. The van der Waals surface area contributed by atoms with E-state index in [-0.39, 0.29) is 5.78 Å². The first-order valence-electron chi connectivity index (χ1n) is 7.03. The number of hydrogen-bond acceptors (Lipinski definition) is 1. The first kappa shape index (κ1) is 15.0. The van der Waals surface area contributed by atoms with Crippen LogP contribution in [0.5, 0.6) is 0 Å². The fourth-order valence-electron chi connectivity index (χ4n) is 2.29. The highest BCUT2D eigenvalue weighted by Crippen LogP contribution is 2.18. The average Bonchev–Trinajstić information content (AvgIpc) is 2.48. The predicted molar refractivity (Wildman–Crippen MR) is 87.4 cm³/mol. The van der Waals surface area contributed by atoms with Gasteiger partial charge in [0.05, 0.1) is 0 Å². The van der Waals surface area contributed by atoms with E-state index in [2.05, 4.69) is 48.0 Å². The monoisotopic (exact) mass is 330 g/mol. The number of Topliss-reactive ketones (excluding diaryl/α,β-unsaturated/α-hetero) is 1. The van der Waals surface area contributed by atoms with E-state index in [1.54, 1.807) is 0 Å². The third-order valence-corrected chi connectivity index (χ3v) is 4.07. The van der Waals surface area contributed by atoms with Gasteiger partial charge in [-0.3, -0.25) is 4.79 Å². The number of benzene rings is 2. The lowest BCUT2D eigenvalue weighted by molar-refractivity contribution is 0.0992. The van der Waals surface area contributed by atoms with Crippen LogP contribution < -0.4 is 0 Å². The first-order chi connectivity index (χ1) is 9.63. The topological polar surface area (TPSA) is 17.1 Å². The lowest BCUT2D eigenvalue weighted by atomic mass is 9.94. The summed E-state index contributed by atoms with van der Waals surface area (Å²) in [6, 6.07) is 14.2. The van der Waals surface area contributed by atoms with Crippen molar-refractivity contribution < 1.29 is 4.79 Å². The lowest BCUT2D eigenvalue weighted by Crippen LogP contribution is -2.07. The van der Waals surface area contributed by atoms with Crippen molar-refractivity contribution in [3.63, 3.8) is 0 Å². The van der Waals surface area contributed by atoms with Crippen LogP contribution in [0.3, 0.4) is 0 Å². The maximum absolute atomic E-state index is 12.5. The Kier molecular flexibility index (Phi) is 5.13. The molecule has 0 aromatic heterocycles. The van der Waals surface area contributed by atoms with Gasteiger partial charge in [-0.25, -0.2) is 0 Å². The van der Waals surface area contributed by atoms with Crippen LogP contribution in [-0.4, -0.2) is 5.78 Å². The number of hydrogen-bond donors (Lipinski definition) is 0. The van der Waals surface area contributed by atoms with Gasteiger partial charge in [-0.15, -0.1) is 0 Å². The van der Waals surface area contributed by atoms with E-state index in [0.717, 1.165) is 34.0 Å². The summed E-state index contributed by atoms with van der Waals surface area (Å²) in [6.45, 7) is 4.21. The molecule has 0 aliphatic heterocycles. The molecule has 2 heteroatoms. The van der Waals surface area contributed by atoms with Gasteiger partial charge in [-0.05, 0) is 47.7 Å². The van der Waals surface area contributed by atoms with Crippen LogP contribution in [0.15, 0.2) is 46.9 Å². The molecule has 20 heavy (non-hydrogen) atoms. The molecule has 0 spiro atoms. The number of ketones is 1. The molecule has 0 heterocycles. The van der Waals surface area contributed by atoms with Crippen LogP contribution in [0.4, 0.5) is 0 Å². The van der Waals surface area contributed by atoms with E-state index in [4.69, 9.17) is 0 Å². The number of carbonyl (C=O) groups is 1. The van der Waals surface area contributed by atoms with E-state index >= 15 is 0 Å². The van der Waals surface area contributed by atoms with Gasteiger partial charge < -0.3 is 0 Å². The van der Waals surface area contributed by atoms with Crippen LogP contribution in [-0.2, 0) is 19.3 Å². The molecule has 0 saturated carbocycles. The quantitative estimate of drug-likeness (QED) is 0.705. The lowest BCUT2D eigenvalue weighted by Gasteiger charge is -2.09. The van der Waals surface area contributed by atoms with E-state index < -0.39 is 0 Å². The Morgan fingerprint density at radius 1 is 0.950 bits per heavy atom. The zero-order valence-corrected chi connectivity index (χ0v) is 13.5. The molecule has 2 aromatic carbocycles. The molecule has 1 nitrogen and oxygen atoms in total. The fourth-order valence-corrected chi connectivity index (χ4v) is 2.56. The number of carbonyl (C=O) groups excluding carboxylic acids is 1. The highest BCUT2D eigenvalue weighted by atomic mass is 79.9. The number of aryl methyl sites for hydroxylation is 2. The van der Waals surface area contributed by atoms with E-state index in [9.17, 15) is 4.79 Å². The summed E-state index contributed by atoms with van der Waals surface area (Å²) in [6.07, 6.45) is 2.32. The highest BCUT2D eigenvalue weighted by Gasteiger charge is 2.12. The minimum atomic E-state index is 0.208. The molecule has 0 saturated heterocycles. The SMILES string of the molecule is CCc1ccc(CC)c(C(=O)Cc2ccc(Br)cc2)c1. The van der Waals surface area contributed by atoms with Crippen molar-refractivity contribution in [2.75, 3.05) is 0 Å². The Bertz CT molecular complexity index is 599. The molecule has 0 bridgehead atoms. The van der Waals surface area contributed by atoms with Gasteiger partial charge in [0.1, 0.15) is 0 Å². The summed E-state index contributed by atoms with van der Waals surface area (Å²) in [7, 11) is 0. The third kappa shape index (κ3) is 3.57. The zero-order chi connectivity index (χ0) is 14.5. The standard InChI is InChI=1S/C18H19BrO/c1-3-13-5-8-15(4-2)17(11-13)18(20)12-14-6-9-16(19)10-7-14/h5-11H,3-4,12H2,1-2H3. The molecule has 0 aliphatic rings. The van der Waals surface area contributed by atoms with Crippen molar-refractivity contribution in [3.8, 4) is 0 Å². The van der Waals surface area contributed by atoms with Crippen LogP contribution in [0, 0.1) is 0 Å². The van der Waals surface area contributed by atoms with Gasteiger partial charge in [0.25, 0.3) is 0 Å². The Labute approximate surface area is 129 Å². The molecule has 0 N–H and O–H groups in total. The molecular weight excluding hydrogens is 312 g/mol. The molecule has 0 atom stereocenters. The highest BCUT2D eigenvalue weighted by molar-refractivity contribution is 9.10. The predicted octanol–water partition coefficient (Wildman–Crippen LogP) is 5.00. The van der Waals surface area contributed by atoms with Gasteiger partial charge in [-0.2, -0.15) is 0 Å². The maximum Gasteiger partial charge on any atom is 0.167 e. The van der Waals surface area contributed by atoms with Gasteiger partial charge >= 0.3 is 0 Å². The Hall–Kier alpha value is -1.41. The smallest absolute Gasteiger partial charge is 0.167 e. The molecule has 2 aromatic rings. The van der Waals surface area contributed by atoms with Crippen LogP contribution in [0.2, 0.25) is 0 Å². The number of rotatable bonds is 5. The normalized spacial score (nSPS) is 10.6. The van der Waals surface area contributed by atoms with Crippen molar-refractivity contribution >= 4 is 21.7 Å². The average molecular weight is 331 g/mol. The molecule has 0 aliphatic carbocycles. The van der Waals surface area contributed by atoms with E-state index in [0.29, 0.717) is 6.42 Å². The van der Waals surface area contributed by atoms with Gasteiger partial charge in [-0.1, -0.05) is 54.0 Å². The maximum atomic E-state index is 12.5. The second kappa shape index (κ2) is 6.85. The molecular formula is C18H19BrO. The minimum Gasteiger partial charge on any atom is -0.294 e. The second-order valence-electron chi connectivity index (χ2n) is 4.93. The van der Waals surface area contributed by atoms with Crippen molar-refractivity contribution in [3.05, 3.63) is 69.2 Å². The zero-order valence-electron chi connectivity index (χ0n) is 11.9. The summed E-state index contributed by atoms with van der Waals surface area (Å²) >= 11 is 3.41. The molecule has 104 valence electrons. The molecule has 0 amide bonds. The molecule has 2 rings (SSSR count). The summed E-state index contributed by atoms with van der Waals surface area (Å²) in [5.74, 6) is 0.208. The van der Waals surface area contributed by atoms with Gasteiger partial charge in [0.2, 0.25) is 0 Å². The Morgan fingerprint density at radius 3 is 2.20 bits per heavy atom. The summed E-state index contributed by atoms with van der Waals surface area (Å²) in [4.78, 5) is 12.5. The number of halogens is 1. The molecule has 0 unspecified atom stereocenters. The van der Waals surface area contributed by atoms with E-state index in [1.807, 2.05) is 24.3 Å². The Morgan fingerprint density at radius 2 is 1.60 bits per heavy atom. The van der Waals surface area contributed by atoms with Crippen molar-refractivity contribution in [1.29, 1.82) is 0 Å². The van der Waals surface area contributed by atoms with E-state index in [1.165, 1.54) is 5.56 Å². The van der Waals surface area contributed by atoms with Crippen LogP contribution in [0.1, 0.15) is 40.9 Å². The minimum absolute atomic E-state index is 0.208. The van der Waals surface area contributed by atoms with Crippen molar-refractivity contribution in [1.82, 2.24) is 0 Å². The van der Waals surface area contributed by atoms with Gasteiger partial charge in [0.15, 0.2) is 5.78 Å². The summed E-state index contributed by atoms with van der Waals surface area (Å²) in [5, 5.41) is 0. The fraction of sp³-hybridized carbons (Fsp3) is 0.278. The van der Waals surface area contributed by atoms with Crippen LogP contribution in [0.25, 0.3) is 0 Å². The second-order valence-corrected chi connectivity index (χ2v) is 5.84. The summed E-state index contributed by atoms with van der Waals surface area (Å²) < 4.78 is 1.04. The van der Waals surface area contributed by atoms with Crippen molar-refractivity contribution in [2.24, 2.45) is 0 Å². The Balaban J connectivity index is 2.25. The molecule has 0 radical (unpaired) electrons. The summed E-state index contributed by atoms with van der Waals surface area (Å²) in [5.41, 5.74) is 4.31. The molecule has 0 fully saturated rings. The van der Waals surface area contributed by atoms with Crippen LogP contribution >= 0.6 is 15.9 Å². The van der Waals surface area contributed by atoms with Gasteiger partial charge in [0, 0.05) is 16.5 Å².